The average Bonchev–Trinajstić information content (AvgIpc) is 3.11. The third kappa shape index (κ3) is 4.09. The largest absolute Gasteiger partial charge is 0.433 e. The van der Waals surface area contributed by atoms with E-state index in [4.69, 9.17) is 0 Å². The number of H-pyrrole nitrogens is 1. The summed E-state index contributed by atoms with van der Waals surface area (Å²) in [6, 6.07) is 8.45. The van der Waals surface area contributed by atoms with Crippen LogP contribution in [0.3, 0.4) is 0 Å². The molecule has 0 bridgehead atoms. The highest BCUT2D eigenvalue weighted by Crippen LogP contribution is 2.50. The molecule has 0 saturated carbocycles. The number of aromatic amines is 1. The molecule has 32 heavy (non-hydrogen) atoms. The lowest BCUT2D eigenvalue weighted by Crippen LogP contribution is -2.54. The monoisotopic (exact) mass is 482 g/mol. The van der Waals surface area contributed by atoms with E-state index in [1.165, 1.54) is 0 Å². The SMILES string of the molecule is CS(=O)(=O)c1ccc(-c2[nH]c(C(O)(C(F)(F)F)C(F)(F)F)nc2-c2ccc(F)cc2)cc1. The van der Waals surface area contributed by atoms with Gasteiger partial charge >= 0.3 is 18.0 Å². The number of hydrogen-bond acceptors (Lipinski definition) is 4. The minimum Gasteiger partial charge on any atom is -0.367 e. The van der Waals surface area contributed by atoms with Gasteiger partial charge in [-0.1, -0.05) is 12.1 Å². The fraction of sp³-hybridized carbons (Fsp3) is 0.211. The predicted octanol–water partition coefficient (Wildman–Crippen LogP) is 4.60. The summed E-state index contributed by atoms with van der Waals surface area (Å²) >= 11 is 0. The topological polar surface area (TPSA) is 83.0 Å². The Morgan fingerprint density at radius 1 is 0.844 bits per heavy atom. The van der Waals surface area contributed by atoms with Gasteiger partial charge in [0.2, 0.25) is 0 Å². The molecule has 1 heterocycles. The van der Waals surface area contributed by atoms with E-state index in [1.807, 2.05) is 4.98 Å². The van der Waals surface area contributed by atoms with Gasteiger partial charge in [-0.15, -0.1) is 0 Å². The van der Waals surface area contributed by atoms with E-state index in [1.54, 1.807) is 0 Å². The van der Waals surface area contributed by atoms with Crippen molar-refractivity contribution in [3.63, 3.8) is 0 Å². The van der Waals surface area contributed by atoms with Gasteiger partial charge in [0.25, 0.3) is 0 Å². The maximum absolute atomic E-state index is 13.3. The van der Waals surface area contributed by atoms with Crippen LogP contribution in [0.25, 0.3) is 22.5 Å². The zero-order chi connectivity index (χ0) is 24.1. The first-order chi connectivity index (χ1) is 14.6. The number of hydrogen-bond donors (Lipinski definition) is 2. The highest BCUT2D eigenvalue weighted by atomic mass is 32.2. The first-order valence-electron chi connectivity index (χ1n) is 8.58. The summed E-state index contributed by atoms with van der Waals surface area (Å²) in [6.45, 7) is 0. The number of rotatable bonds is 4. The van der Waals surface area contributed by atoms with Crippen LogP contribution in [0.1, 0.15) is 5.82 Å². The second kappa shape index (κ2) is 7.59. The molecule has 0 spiro atoms. The summed E-state index contributed by atoms with van der Waals surface area (Å²) in [4.78, 5) is 5.11. The molecule has 172 valence electrons. The minimum atomic E-state index is -6.18. The lowest BCUT2D eigenvalue weighted by Gasteiger charge is -2.30. The van der Waals surface area contributed by atoms with Crippen LogP contribution in [0.5, 0.6) is 0 Å². The number of aliphatic hydroxyl groups is 1. The molecule has 2 N–H and O–H groups in total. The van der Waals surface area contributed by atoms with Gasteiger partial charge in [-0.05, 0) is 36.4 Å². The van der Waals surface area contributed by atoms with Crippen molar-refractivity contribution in [3.8, 4) is 22.5 Å². The second-order valence-electron chi connectivity index (χ2n) is 6.82. The predicted molar refractivity (Wildman–Crippen MR) is 98.5 cm³/mol. The molecule has 5 nitrogen and oxygen atoms in total. The van der Waals surface area contributed by atoms with Gasteiger partial charge in [0, 0.05) is 17.4 Å². The Hall–Kier alpha value is -2.93. The van der Waals surface area contributed by atoms with Crippen molar-refractivity contribution in [3.05, 3.63) is 60.2 Å². The van der Waals surface area contributed by atoms with E-state index >= 15 is 0 Å². The van der Waals surface area contributed by atoms with Crippen molar-refractivity contribution in [1.29, 1.82) is 0 Å². The summed E-state index contributed by atoms with van der Waals surface area (Å²) in [6.07, 6.45) is -11.5. The third-order valence-corrected chi connectivity index (χ3v) is 5.68. The summed E-state index contributed by atoms with van der Waals surface area (Å²) < 4.78 is 116. The number of sulfone groups is 1. The number of alkyl halides is 6. The van der Waals surface area contributed by atoms with Gasteiger partial charge in [-0.2, -0.15) is 26.3 Å². The van der Waals surface area contributed by atoms with Gasteiger partial charge in [0.05, 0.1) is 16.3 Å². The molecular formula is C19H13F7N2O3S. The molecule has 0 unspecified atom stereocenters. The van der Waals surface area contributed by atoms with Crippen LogP contribution in [0.2, 0.25) is 0 Å². The smallest absolute Gasteiger partial charge is 0.367 e. The first kappa shape index (κ1) is 23.7. The lowest BCUT2D eigenvalue weighted by molar-refractivity contribution is -0.378. The maximum Gasteiger partial charge on any atom is 0.433 e. The lowest BCUT2D eigenvalue weighted by atomic mass is 10.0. The summed E-state index contributed by atoms with van der Waals surface area (Å²) in [5.74, 6) is -2.57. The molecule has 1 aromatic heterocycles. The van der Waals surface area contributed by atoms with E-state index in [0.29, 0.717) is 0 Å². The number of benzene rings is 2. The Balaban J connectivity index is 2.29. The average molecular weight is 482 g/mol. The number of imidazole rings is 1. The second-order valence-corrected chi connectivity index (χ2v) is 8.83. The number of nitrogens with zero attached hydrogens (tertiary/aromatic N) is 1. The van der Waals surface area contributed by atoms with Crippen LogP contribution >= 0.6 is 0 Å². The highest BCUT2D eigenvalue weighted by molar-refractivity contribution is 7.90. The summed E-state index contributed by atoms with van der Waals surface area (Å²) in [7, 11) is -3.63. The van der Waals surface area contributed by atoms with Crippen molar-refractivity contribution < 1.29 is 44.3 Å². The Kier molecular flexibility index (Phi) is 5.63. The zero-order valence-electron chi connectivity index (χ0n) is 15.9. The molecule has 0 amide bonds. The van der Waals surface area contributed by atoms with E-state index in [-0.39, 0.29) is 21.7 Å². The van der Waals surface area contributed by atoms with Crippen LogP contribution in [0, 0.1) is 5.82 Å². The van der Waals surface area contributed by atoms with Crippen molar-refractivity contribution in [2.75, 3.05) is 6.26 Å². The Morgan fingerprint density at radius 2 is 1.31 bits per heavy atom. The van der Waals surface area contributed by atoms with Gasteiger partial charge in [0.15, 0.2) is 15.7 Å². The van der Waals surface area contributed by atoms with E-state index in [9.17, 15) is 44.3 Å². The zero-order valence-corrected chi connectivity index (χ0v) is 16.7. The Bertz CT molecular complexity index is 1220. The minimum absolute atomic E-state index is 0.0258. The number of halogens is 7. The standard InChI is InChI=1S/C19H13F7N2O3S/c1-32(30,31)13-8-4-11(5-9-13)15-14(10-2-6-12(20)7-3-10)27-16(28-15)17(29,18(21,22)23)19(24,25)26/h2-9,29H,1H3,(H,27,28). The van der Waals surface area contributed by atoms with E-state index < -0.39 is 45.1 Å². The van der Waals surface area contributed by atoms with Crippen molar-refractivity contribution in [2.24, 2.45) is 0 Å². The number of nitrogens with one attached hydrogen (secondary N) is 1. The third-order valence-electron chi connectivity index (χ3n) is 4.56. The summed E-state index contributed by atoms with van der Waals surface area (Å²) in [5.41, 5.74) is -6.22. The molecule has 13 heteroatoms. The molecule has 0 saturated heterocycles. The molecule has 3 aromatic rings. The molecule has 0 fully saturated rings. The maximum atomic E-state index is 13.3. The highest BCUT2D eigenvalue weighted by Gasteiger charge is 2.73. The quantitative estimate of drug-likeness (QED) is 0.533. The van der Waals surface area contributed by atoms with Gasteiger partial charge in [-0.3, -0.25) is 0 Å². The van der Waals surface area contributed by atoms with Crippen LogP contribution in [0.15, 0.2) is 53.4 Å². The normalized spacial score (nSPS) is 13.4. The molecule has 0 aliphatic rings. The number of aromatic nitrogens is 2. The van der Waals surface area contributed by atoms with Crippen molar-refractivity contribution in [2.45, 2.75) is 22.8 Å². The van der Waals surface area contributed by atoms with E-state index in [2.05, 4.69) is 4.98 Å². The van der Waals surface area contributed by atoms with Crippen LogP contribution in [0.4, 0.5) is 30.7 Å². The molecule has 0 aliphatic heterocycles. The van der Waals surface area contributed by atoms with Gasteiger partial charge in [0.1, 0.15) is 5.82 Å². The molecule has 2 aromatic carbocycles. The summed E-state index contributed by atoms with van der Waals surface area (Å²) in [5, 5.41) is 9.70. The van der Waals surface area contributed by atoms with Gasteiger partial charge < -0.3 is 10.1 Å². The molecule has 3 rings (SSSR count). The van der Waals surface area contributed by atoms with Crippen molar-refractivity contribution in [1.82, 2.24) is 9.97 Å². The first-order valence-corrected chi connectivity index (χ1v) is 10.5. The Morgan fingerprint density at radius 3 is 1.75 bits per heavy atom. The van der Waals surface area contributed by atoms with Gasteiger partial charge in [-0.25, -0.2) is 17.8 Å². The molecule has 0 atom stereocenters. The van der Waals surface area contributed by atoms with Crippen LogP contribution in [-0.2, 0) is 15.4 Å². The fourth-order valence-electron chi connectivity index (χ4n) is 2.87. The molecule has 0 radical (unpaired) electrons. The van der Waals surface area contributed by atoms with Crippen LogP contribution in [-0.4, -0.2) is 42.1 Å². The van der Waals surface area contributed by atoms with E-state index in [0.717, 1.165) is 54.8 Å². The molecule has 0 aliphatic carbocycles. The molecular weight excluding hydrogens is 469 g/mol. The fourth-order valence-corrected chi connectivity index (χ4v) is 3.50. The Labute approximate surface area is 176 Å². The van der Waals surface area contributed by atoms with Crippen LogP contribution < -0.4 is 0 Å². The van der Waals surface area contributed by atoms with Crippen molar-refractivity contribution >= 4 is 9.84 Å².